The van der Waals surface area contributed by atoms with Gasteiger partial charge in [-0.05, 0) is 18.8 Å². The van der Waals surface area contributed by atoms with Crippen molar-refractivity contribution in [2.45, 2.75) is 12.8 Å². The lowest BCUT2D eigenvalue weighted by molar-refractivity contribution is 0.134. The van der Waals surface area contributed by atoms with Crippen molar-refractivity contribution in [3.05, 3.63) is 0 Å². The van der Waals surface area contributed by atoms with Gasteiger partial charge in [0, 0.05) is 12.5 Å². The zero-order valence-corrected chi connectivity index (χ0v) is 4.80. The lowest BCUT2D eigenvalue weighted by Crippen LogP contribution is -2.24. The third-order valence-corrected chi connectivity index (χ3v) is 1.73. The maximum atomic E-state index is 8.53. The van der Waals surface area contributed by atoms with Crippen molar-refractivity contribution in [1.29, 1.82) is 0 Å². The van der Waals surface area contributed by atoms with Crippen LogP contribution in [0.15, 0.2) is 0 Å². The highest BCUT2D eigenvalue weighted by Gasteiger charge is 2.25. The maximum Gasteiger partial charge on any atom is 0.0460 e. The van der Waals surface area contributed by atoms with Gasteiger partial charge in [-0.1, -0.05) is 0 Å². The van der Waals surface area contributed by atoms with Crippen LogP contribution in [0.25, 0.3) is 0 Å². The molecule has 44 valence electrons. The van der Waals surface area contributed by atoms with Gasteiger partial charge < -0.3 is 5.11 Å². The number of hydrogen-bond acceptors (Lipinski definition) is 1. The zero-order chi connectivity index (χ0) is 5.98. The molecule has 0 aliphatic heterocycles. The van der Waals surface area contributed by atoms with E-state index in [-0.39, 0.29) is 0 Å². The summed E-state index contributed by atoms with van der Waals surface area (Å²) in [5, 5.41) is 8.53. The number of hydrogen-bond donors (Lipinski definition) is 1. The van der Waals surface area contributed by atoms with Gasteiger partial charge in [0.2, 0.25) is 0 Å². The summed E-state index contributed by atoms with van der Waals surface area (Å²) in [4.78, 5) is 0. The van der Waals surface area contributed by atoms with Crippen molar-refractivity contribution in [3.8, 4) is 12.3 Å². The van der Waals surface area contributed by atoms with E-state index in [1.807, 2.05) is 0 Å². The topological polar surface area (TPSA) is 20.2 Å². The average molecular weight is 110 g/mol. The van der Waals surface area contributed by atoms with Crippen LogP contribution >= 0.6 is 0 Å². The predicted molar refractivity (Wildman–Crippen MR) is 32.1 cm³/mol. The first-order valence-corrected chi connectivity index (χ1v) is 2.93. The molecule has 0 aromatic carbocycles. The van der Waals surface area contributed by atoms with Crippen LogP contribution < -0.4 is 0 Å². The minimum absolute atomic E-state index is 0.318. The minimum Gasteiger partial charge on any atom is -0.396 e. The van der Waals surface area contributed by atoms with Crippen LogP contribution in [0.2, 0.25) is 0 Å². The first-order valence-electron chi connectivity index (χ1n) is 2.93. The molecule has 0 spiro atoms. The molecule has 1 rings (SSSR count). The van der Waals surface area contributed by atoms with E-state index in [0.29, 0.717) is 18.4 Å². The third kappa shape index (κ3) is 0.850. The molecule has 1 fully saturated rings. The van der Waals surface area contributed by atoms with Crippen LogP contribution in [0.4, 0.5) is 0 Å². The Morgan fingerprint density at radius 3 is 2.62 bits per heavy atom. The molecule has 1 N–H and O–H groups in total. The normalized spacial score (nSPS) is 35.5. The smallest absolute Gasteiger partial charge is 0.0460 e. The highest BCUT2D eigenvalue weighted by Crippen LogP contribution is 2.31. The lowest BCUT2D eigenvalue weighted by Gasteiger charge is -2.29. The summed E-state index contributed by atoms with van der Waals surface area (Å²) in [5.74, 6) is 3.63. The molecule has 1 saturated carbocycles. The summed E-state index contributed by atoms with van der Waals surface area (Å²) in [6.07, 6.45) is 7.19. The van der Waals surface area contributed by atoms with Gasteiger partial charge in [0.1, 0.15) is 0 Å². The molecule has 1 heteroatoms. The molecule has 0 atom stereocenters. The fourth-order valence-electron chi connectivity index (χ4n) is 1.02. The molecule has 1 aliphatic carbocycles. The zero-order valence-electron chi connectivity index (χ0n) is 4.80. The molecule has 0 unspecified atom stereocenters. The van der Waals surface area contributed by atoms with E-state index >= 15 is 0 Å². The summed E-state index contributed by atoms with van der Waals surface area (Å²) >= 11 is 0. The number of aliphatic hydroxyl groups is 1. The van der Waals surface area contributed by atoms with Crippen molar-refractivity contribution >= 4 is 0 Å². The first kappa shape index (κ1) is 5.65. The predicted octanol–water partition coefficient (Wildman–Crippen LogP) is 0.638. The fourth-order valence-corrected chi connectivity index (χ4v) is 1.02. The Balaban J connectivity index is 2.14. The van der Waals surface area contributed by atoms with E-state index in [1.165, 1.54) is 0 Å². The van der Waals surface area contributed by atoms with Gasteiger partial charge >= 0.3 is 0 Å². The van der Waals surface area contributed by atoms with Crippen molar-refractivity contribution in [2.24, 2.45) is 11.8 Å². The van der Waals surface area contributed by atoms with Crippen LogP contribution in [0.1, 0.15) is 12.8 Å². The molecule has 0 heterocycles. The molecule has 0 bridgehead atoms. The van der Waals surface area contributed by atoms with Gasteiger partial charge in [-0.15, -0.1) is 12.3 Å². The molecular weight excluding hydrogens is 100 g/mol. The Labute approximate surface area is 49.7 Å². The molecule has 0 radical (unpaired) electrons. The quantitative estimate of drug-likeness (QED) is 0.491. The second-order valence-electron chi connectivity index (χ2n) is 2.38. The molecule has 0 amide bonds. The Kier molecular flexibility index (Phi) is 1.55. The van der Waals surface area contributed by atoms with Gasteiger partial charge in [-0.2, -0.15) is 0 Å². The van der Waals surface area contributed by atoms with Crippen LogP contribution in [-0.2, 0) is 0 Å². The Hall–Kier alpha value is -0.480. The number of terminal acetylenes is 1. The van der Waals surface area contributed by atoms with E-state index in [4.69, 9.17) is 11.5 Å². The minimum atomic E-state index is 0.318. The summed E-state index contributed by atoms with van der Waals surface area (Å²) in [6.45, 7) is 0.318. The molecule has 0 saturated heterocycles. The molecule has 8 heavy (non-hydrogen) atoms. The van der Waals surface area contributed by atoms with Crippen LogP contribution in [-0.4, -0.2) is 11.7 Å². The van der Waals surface area contributed by atoms with E-state index in [1.54, 1.807) is 0 Å². The Morgan fingerprint density at radius 1 is 1.62 bits per heavy atom. The third-order valence-electron chi connectivity index (χ3n) is 1.73. The summed E-state index contributed by atoms with van der Waals surface area (Å²) in [7, 11) is 0. The van der Waals surface area contributed by atoms with Gasteiger partial charge in [0.25, 0.3) is 0 Å². The maximum absolute atomic E-state index is 8.53. The van der Waals surface area contributed by atoms with E-state index < -0.39 is 0 Å². The fraction of sp³-hybridized carbons (Fsp3) is 0.714. The standard InChI is InChI=1S/C7H10O/c1-2-6-3-7(4-6)5-8/h1,6-8H,3-5H2. The second kappa shape index (κ2) is 2.19. The summed E-state index contributed by atoms with van der Waals surface area (Å²) in [5.41, 5.74) is 0. The van der Waals surface area contributed by atoms with Gasteiger partial charge in [-0.25, -0.2) is 0 Å². The first-order chi connectivity index (χ1) is 3.86. The molecular formula is C7H10O. The van der Waals surface area contributed by atoms with Gasteiger partial charge in [-0.3, -0.25) is 0 Å². The van der Waals surface area contributed by atoms with Gasteiger partial charge in [0.05, 0.1) is 0 Å². The highest BCUT2D eigenvalue weighted by atomic mass is 16.3. The Morgan fingerprint density at radius 2 is 2.25 bits per heavy atom. The SMILES string of the molecule is C#CC1CC(CO)C1. The second-order valence-corrected chi connectivity index (χ2v) is 2.38. The number of rotatable bonds is 1. The van der Waals surface area contributed by atoms with Crippen molar-refractivity contribution in [3.63, 3.8) is 0 Å². The Bertz CT molecular complexity index is 106. The van der Waals surface area contributed by atoms with Crippen LogP contribution in [0.5, 0.6) is 0 Å². The van der Waals surface area contributed by atoms with Gasteiger partial charge in [0.15, 0.2) is 0 Å². The van der Waals surface area contributed by atoms with E-state index in [2.05, 4.69) is 5.92 Å². The number of aliphatic hydroxyl groups excluding tert-OH is 1. The average Bonchev–Trinajstić information content (AvgIpc) is 1.65. The van der Waals surface area contributed by atoms with Crippen molar-refractivity contribution in [1.82, 2.24) is 0 Å². The van der Waals surface area contributed by atoms with E-state index in [9.17, 15) is 0 Å². The largest absolute Gasteiger partial charge is 0.396 e. The summed E-state index contributed by atoms with van der Waals surface area (Å²) < 4.78 is 0. The molecule has 0 aromatic heterocycles. The van der Waals surface area contributed by atoms with Crippen LogP contribution in [0, 0.1) is 24.2 Å². The van der Waals surface area contributed by atoms with E-state index in [0.717, 1.165) is 12.8 Å². The van der Waals surface area contributed by atoms with Crippen molar-refractivity contribution < 1.29 is 5.11 Å². The molecule has 1 aliphatic rings. The molecule has 0 aromatic rings. The lowest BCUT2D eigenvalue weighted by atomic mass is 9.76. The highest BCUT2D eigenvalue weighted by molar-refractivity contribution is 5.00. The molecule has 1 nitrogen and oxygen atoms in total. The monoisotopic (exact) mass is 110 g/mol. The van der Waals surface area contributed by atoms with Crippen LogP contribution in [0.3, 0.4) is 0 Å². The van der Waals surface area contributed by atoms with Crippen molar-refractivity contribution in [2.75, 3.05) is 6.61 Å². The summed E-state index contributed by atoms with van der Waals surface area (Å²) in [6, 6.07) is 0.